The van der Waals surface area contributed by atoms with E-state index in [0.29, 0.717) is 11.5 Å². The maximum absolute atomic E-state index is 9.56. The van der Waals surface area contributed by atoms with Gasteiger partial charge in [-0.25, -0.2) is 0 Å². The van der Waals surface area contributed by atoms with Gasteiger partial charge in [0.1, 0.15) is 11.5 Å². The highest BCUT2D eigenvalue weighted by Gasteiger charge is 2.00. The molecular weight excluding hydrogens is 320 g/mol. The molecule has 0 aromatic heterocycles. The summed E-state index contributed by atoms with van der Waals surface area (Å²) in [6.07, 6.45) is 0. The summed E-state index contributed by atoms with van der Waals surface area (Å²) in [5.74, 6) is 0.633. The Hall–Kier alpha value is -3.52. The predicted molar refractivity (Wildman–Crippen MR) is 107 cm³/mol. The normalized spacial score (nSPS) is 9.85. The van der Waals surface area contributed by atoms with Crippen molar-refractivity contribution in [3.8, 4) is 33.8 Å². The first kappa shape index (κ1) is 17.3. The van der Waals surface area contributed by atoms with E-state index in [1.54, 1.807) is 18.2 Å². The third-order valence-corrected chi connectivity index (χ3v) is 3.96. The van der Waals surface area contributed by atoms with Crippen LogP contribution < -0.4 is 0 Å². The van der Waals surface area contributed by atoms with Crippen molar-refractivity contribution in [1.29, 1.82) is 0 Å². The molecule has 0 aliphatic heterocycles. The molecule has 2 nitrogen and oxygen atoms in total. The molecule has 0 atom stereocenters. The lowest BCUT2D eigenvalue weighted by atomic mass is 10.1. The summed E-state index contributed by atoms with van der Waals surface area (Å²) in [6.45, 7) is 0. The first-order valence-corrected chi connectivity index (χ1v) is 8.42. The molecule has 0 saturated heterocycles. The lowest BCUT2D eigenvalue weighted by Crippen LogP contribution is -1.76. The summed E-state index contributed by atoms with van der Waals surface area (Å²) in [4.78, 5) is 0. The molecule has 0 saturated carbocycles. The van der Waals surface area contributed by atoms with E-state index < -0.39 is 0 Å². The summed E-state index contributed by atoms with van der Waals surface area (Å²) in [7, 11) is 0. The van der Waals surface area contributed by atoms with Gasteiger partial charge >= 0.3 is 0 Å². The fraction of sp³-hybridized carbons (Fsp3) is 0. The number of para-hydroxylation sites is 1. The van der Waals surface area contributed by atoms with E-state index in [4.69, 9.17) is 5.11 Å². The molecule has 0 amide bonds. The van der Waals surface area contributed by atoms with Crippen molar-refractivity contribution in [2.45, 2.75) is 0 Å². The first-order valence-electron chi connectivity index (χ1n) is 8.42. The van der Waals surface area contributed by atoms with Crippen molar-refractivity contribution < 1.29 is 10.2 Å². The second-order valence-corrected chi connectivity index (χ2v) is 5.80. The number of hydrogen-bond donors (Lipinski definition) is 2. The van der Waals surface area contributed by atoms with Gasteiger partial charge in [0, 0.05) is 5.56 Å². The van der Waals surface area contributed by atoms with Gasteiger partial charge in [-0.15, -0.1) is 0 Å². The van der Waals surface area contributed by atoms with E-state index in [9.17, 15) is 5.11 Å². The quantitative estimate of drug-likeness (QED) is 0.461. The Morgan fingerprint density at radius 2 is 0.846 bits per heavy atom. The molecule has 0 unspecified atom stereocenters. The van der Waals surface area contributed by atoms with Crippen LogP contribution in [0.2, 0.25) is 0 Å². The fourth-order valence-electron chi connectivity index (χ4n) is 2.62. The highest BCUT2D eigenvalue weighted by atomic mass is 16.3. The lowest BCUT2D eigenvalue weighted by Gasteiger charge is -2.02. The number of benzene rings is 4. The van der Waals surface area contributed by atoms with Crippen LogP contribution in [0.25, 0.3) is 22.3 Å². The molecule has 4 rings (SSSR count). The van der Waals surface area contributed by atoms with Gasteiger partial charge in [-0.3, -0.25) is 0 Å². The fourth-order valence-corrected chi connectivity index (χ4v) is 2.62. The maximum Gasteiger partial charge on any atom is 0.123 e. The second-order valence-electron chi connectivity index (χ2n) is 5.80. The van der Waals surface area contributed by atoms with Crippen LogP contribution >= 0.6 is 0 Å². The monoisotopic (exact) mass is 340 g/mol. The molecule has 128 valence electrons. The summed E-state index contributed by atoms with van der Waals surface area (Å²) in [6, 6.07) is 34.5. The van der Waals surface area contributed by atoms with Crippen LogP contribution in [0.3, 0.4) is 0 Å². The Bertz CT molecular complexity index is 931. The molecule has 4 aromatic rings. The lowest BCUT2D eigenvalue weighted by molar-refractivity contribution is 0.475. The number of phenols is 2. The van der Waals surface area contributed by atoms with Crippen LogP contribution in [-0.4, -0.2) is 10.2 Å². The third kappa shape index (κ3) is 4.52. The number of phenolic OH excluding ortho intramolecular Hbond substituents is 2. The van der Waals surface area contributed by atoms with Crippen molar-refractivity contribution in [2.24, 2.45) is 0 Å². The van der Waals surface area contributed by atoms with Crippen LogP contribution in [0.5, 0.6) is 11.5 Å². The zero-order valence-corrected chi connectivity index (χ0v) is 14.3. The van der Waals surface area contributed by atoms with Gasteiger partial charge in [-0.2, -0.15) is 0 Å². The van der Waals surface area contributed by atoms with E-state index >= 15 is 0 Å². The van der Waals surface area contributed by atoms with Crippen molar-refractivity contribution in [3.05, 3.63) is 109 Å². The molecule has 0 fully saturated rings. The molecule has 2 heteroatoms. The van der Waals surface area contributed by atoms with Gasteiger partial charge in [0.15, 0.2) is 0 Å². The molecule has 0 heterocycles. The smallest absolute Gasteiger partial charge is 0.123 e. The van der Waals surface area contributed by atoms with Crippen LogP contribution in [0.4, 0.5) is 0 Å². The highest BCUT2D eigenvalue weighted by Crippen LogP contribution is 2.27. The minimum absolute atomic E-state index is 0.305. The zero-order chi connectivity index (χ0) is 18.2. The molecule has 0 bridgehead atoms. The largest absolute Gasteiger partial charge is 0.508 e. The first-order chi connectivity index (χ1) is 12.7. The van der Waals surface area contributed by atoms with Crippen LogP contribution in [0, 0.1) is 0 Å². The molecule has 0 aliphatic rings. The molecule has 0 aliphatic carbocycles. The van der Waals surface area contributed by atoms with Crippen molar-refractivity contribution >= 4 is 0 Å². The summed E-state index contributed by atoms with van der Waals surface area (Å²) in [5.41, 5.74) is 4.21. The van der Waals surface area contributed by atoms with Gasteiger partial charge in [-0.1, -0.05) is 91.0 Å². The molecule has 26 heavy (non-hydrogen) atoms. The highest BCUT2D eigenvalue weighted by molar-refractivity contribution is 5.69. The van der Waals surface area contributed by atoms with Gasteiger partial charge in [0.2, 0.25) is 0 Å². The van der Waals surface area contributed by atoms with E-state index in [-0.39, 0.29) is 0 Å². The Morgan fingerprint density at radius 3 is 1.42 bits per heavy atom. The van der Waals surface area contributed by atoms with E-state index in [1.807, 2.05) is 91.0 Å². The SMILES string of the molecule is Oc1ccc(-c2ccccc2)cc1.Oc1ccccc1-c1ccccc1. The molecule has 0 spiro atoms. The van der Waals surface area contributed by atoms with Crippen molar-refractivity contribution in [2.75, 3.05) is 0 Å². The predicted octanol–water partition coefficient (Wildman–Crippen LogP) is 6.12. The van der Waals surface area contributed by atoms with E-state index in [1.165, 1.54) is 5.56 Å². The standard InChI is InChI=1S/2C12H10O/c13-12-9-5-4-8-11(12)10-6-2-1-3-7-10;13-12-8-6-11(7-9-12)10-4-2-1-3-5-10/h2*1-9,13H. The summed E-state index contributed by atoms with van der Waals surface area (Å²) < 4.78 is 0. The van der Waals surface area contributed by atoms with Gasteiger partial charge in [0.25, 0.3) is 0 Å². The molecule has 4 aromatic carbocycles. The minimum atomic E-state index is 0.305. The van der Waals surface area contributed by atoms with Gasteiger partial charge in [-0.05, 0) is 34.9 Å². The topological polar surface area (TPSA) is 40.5 Å². The van der Waals surface area contributed by atoms with Gasteiger partial charge in [0.05, 0.1) is 0 Å². The molecule has 2 N–H and O–H groups in total. The van der Waals surface area contributed by atoms with Crippen LogP contribution in [-0.2, 0) is 0 Å². The van der Waals surface area contributed by atoms with Crippen molar-refractivity contribution in [3.63, 3.8) is 0 Å². The summed E-state index contributed by atoms with van der Waals surface area (Å²) >= 11 is 0. The number of aromatic hydroxyl groups is 2. The van der Waals surface area contributed by atoms with Crippen LogP contribution in [0.15, 0.2) is 109 Å². The zero-order valence-electron chi connectivity index (χ0n) is 14.3. The van der Waals surface area contributed by atoms with E-state index in [2.05, 4.69) is 0 Å². The maximum atomic E-state index is 9.56. The number of hydrogen-bond acceptors (Lipinski definition) is 2. The average molecular weight is 340 g/mol. The number of rotatable bonds is 2. The second kappa shape index (κ2) is 8.54. The molecule has 0 radical (unpaired) electrons. The molecular formula is C24H20O2. The van der Waals surface area contributed by atoms with Crippen LogP contribution in [0.1, 0.15) is 0 Å². The van der Waals surface area contributed by atoms with Gasteiger partial charge < -0.3 is 10.2 Å². The third-order valence-electron chi connectivity index (χ3n) is 3.96. The van der Waals surface area contributed by atoms with E-state index in [0.717, 1.165) is 16.7 Å². The Kier molecular flexibility index (Phi) is 5.69. The van der Waals surface area contributed by atoms with Crippen molar-refractivity contribution in [1.82, 2.24) is 0 Å². The Labute approximate surface area is 153 Å². The summed E-state index contributed by atoms with van der Waals surface area (Å²) in [5, 5.41) is 18.7. The minimum Gasteiger partial charge on any atom is -0.508 e. The Balaban J connectivity index is 0.000000151. The average Bonchev–Trinajstić information content (AvgIpc) is 2.71. The Morgan fingerprint density at radius 1 is 0.385 bits per heavy atom.